The summed E-state index contributed by atoms with van der Waals surface area (Å²) in [6.45, 7) is 0. The number of nitrogens with zero attached hydrogens (tertiary/aromatic N) is 2. The molecule has 6 heteroatoms. The molecule has 2 aromatic heterocycles. The van der Waals surface area contributed by atoms with Gasteiger partial charge in [0.1, 0.15) is 10.8 Å². The van der Waals surface area contributed by atoms with E-state index >= 15 is 0 Å². The minimum atomic E-state index is -0.194. The van der Waals surface area contributed by atoms with Crippen molar-refractivity contribution in [1.82, 2.24) is 15.0 Å². The first-order chi connectivity index (χ1) is 14.2. The summed E-state index contributed by atoms with van der Waals surface area (Å²) in [6, 6.07) is 23.4. The van der Waals surface area contributed by atoms with E-state index in [1.54, 1.807) is 17.4 Å². The Balaban J connectivity index is 1.28. The second kappa shape index (κ2) is 7.33. The van der Waals surface area contributed by atoms with E-state index in [4.69, 9.17) is 0 Å². The Morgan fingerprint density at radius 3 is 2.45 bits per heavy atom. The molecule has 0 atom stereocenters. The van der Waals surface area contributed by atoms with Gasteiger partial charge in [0, 0.05) is 17.3 Å². The number of amides is 1. The third-order valence-electron chi connectivity index (χ3n) is 4.50. The SMILES string of the molecule is O=C(/C=C/c1nc2ccccc2s1)Nc1ccc(-c2nc3ccccc3[nH]2)cc1. The number of carbonyl (C=O) groups excluding carboxylic acids is 1. The molecule has 2 heterocycles. The fourth-order valence-corrected chi connectivity index (χ4v) is 3.96. The van der Waals surface area contributed by atoms with Gasteiger partial charge in [-0.15, -0.1) is 11.3 Å². The zero-order valence-electron chi connectivity index (χ0n) is 15.3. The molecule has 2 N–H and O–H groups in total. The molecule has 0 saturated heterocycles. The van der Waals surface area contributed by atoms with Crippen LogP contribution in [0.1, 0.15) is 5.01 Å². The lowest BCUT2D eigenvalue weighted by Gasteiger charge is -2.03. The van der Waals surface area contributed by atoms with Crippen molar-refractivity contribution in [3.63, 3.8) is 0 Å². The topological polar surface area (TPSA) is 70.7 Å². The largest absolute Gasteiger partial charge is 0.338 e. The third kappa shape index (κ3) is 3.66. The number of thiazole rings is 1. The van der Waals surface area contributed by atoms with Crippen LogP contribution in [0.15, 0.2) is 78.9 Å². The first kappa shape index (κ1) is 17.3. The van der Waals surface area contributed by atoms with Crippen molar-refractivity contribution in [1.29, 1.82) is 0 Å². The molecule has 0 bridgehead atoms. The second-order valence-corrected chi connectivity index (χ2v) is 7.58. The monoisotopic (exact) mass is 396 g/mol. The molecular formula is C23H16N4OS. The van der Waals surface area contributed by atoms with Crippen LogP contribution >= 0.6 is 11.3 Å². The first-order valence-corrected chi connectivity index (χ1v) is 9.96. The Morgan fingerprint density at radius 1 is 0.897 bits per heavy atom. The van der Waals surface area contributed by atoms with E-state index in [1.165, 1.54) is 6.08 Å². The van der Waals surface area contributed by atoms with E-state index in [2.05, 4.69) is 20.3 Å². The van der Waals surface area contributed by atoms with Crippen molar-refractivity contribution < 1.29 is 4.79 Å². The molecule has 0 fully saturated rings. The number of H-pyrrole nitrogens is 1. The van der Waals surface area contributed by atoms with Crippen molar-refractivity contribution in [2.24, 2.45) is 0 Å². The van der Waals surface area contributed by atoms with E-state index in [9.17, 15) is 4.79 Å². The van der Waals surface area contributed by atoms with E-state index in [-0.39, 0.29) is 5.91 Å². The van der Waals surface area contributed by atoms with Crippen LogP contribution in [0, 0.1) is 0 Å². The Morgan fingerprint density at radius 2 is 1.66 bits per heavy atom. The van der Waals surface area contributed by atoms with Crippen LogP contribution in [-0.4, -0.2) is 20.9 Å². The highest BCUT2D eigenvalue weighted by molar-refractivity contribution is 7.19. The summed E-state index contributed by atoms with van der Waals surface area (Å²) in [7, 11) is 0. The lowest BCUT2D eigenvalue weighted by Crippen LogP contribution is -2.07. The zero-order chi connectivity index (χ0) is 19.6. The number of anilines is 1. The molecular weight excluding hydrogens is 380 g/mol. The molecule has 3 aromatic carbocycles. The van der Waals surface area contributed by atoms with E-state index in [0.717, 1.165) is 43.3 Å². The molecule has 5 nitrogen and oxygen atoms in total. The fourth-order valence-electron chi connectivity index (χ4n) is 3.09. The molecule has 0 aliphatic rings. The van der Waals surface area contributed by atoms with Crippen LogP contribution in [0.2, 0.25) is 0 Å². The lowest BCUT2D eigenvalue weighted by molar-refractivity contribution is -0.111. The third-order valence-corrected chi connectivity index (χ3v) is 5.50. The Labute approximate surface area is 170 Å². The van der Waals surface area contributed by atoms with Gasteiger partial charge in [0.05, 0.1) is 21.3 Å². The molecule has 1 amide bonds. The maximum Gasteiger partial charge on any atom is 0.248 e. The minimum absolute atomic E-state index is 0.194. The summed E-state index contributed by atoms with van der Waals surface area (Å²) >= 11 is 1.56. The molecule has 0 radical (unpaired) electrons. The van der Waals surface area contributed by atoms with Gasteiger partial charge >= 0.3 is 0 Å². The van der Waals surface area contributed by atoms with Crippen LogP contribution in [0.25, 0.3) is 38.7 Å². The molecule has 0 aliphatic carbocycles. The molecule has 29 heavy (non-hydrogen) atoms. The highest BCUT2D eigenvalue weighted by atomic mass is 32.1. The van der Waals surface area contributed by atoms with Crippen LogP contribution < -0.4 is 5.32 Å². The molecule has 0 unspecified atom stereocenters. The Bertz CT molecular complexity index is 1280. The van der Waals surface area contributed by atoms with Crippen molar-refractivity contribution >= 4 is 50.3 Å². The lowest BCUT2D eigenvalue weighted by atomic mass is 10.2. The summed E-state index contributed by atoms with van der Waals surface area (Å²) in [5.74, 6) is 0.612. The molecule has 0 spiro atoms. The maximum atomic E-state index is 12.2. The van der Waals surface area contributed by atoms with Gasteiger partial charge in [0.15, 0.2) is 0 Å². The molecule has 0 aliphatic heterocycles. The van der Waals surface area contributed by atoms with Gasteiger partial charge in [-0.1, -0.05) is 24.3 Å². The van der Waals surface area contributed by atoms with Gasteiger partial charge in [-0.2, -0.15) is 0 Å². The Hall–Kier alpha value is -3.77. The number of carbonyl (C=O) groups is 1. The summed E-state index contributed by atoms with van der Waals surface area (Å²) in [5.41, 5.74) is 4.56. The number of aromatic nitrogens is 3. The number of aromatic amines is 1. The predicted octanol–water partition coefficient (Wildman–Crippen LogP) is 5.49. The van der Waals surface area contributed by atoms with Crippen molar-refractivity contribution in [3.05, 3.63) is 83.9 Å². The number of imidazole rings is 1. The summed E-state index contributed by atoms with van der Waals surface area (Å²) < 4.78 is 1.11. The molecule has 5 aromatic rings. The number of hydrogen-bond acceptors (Lipinski definition) is 4. The number of nitrogens with one attached hydrogen (secondary N) is 2. The zero-order valence-corrected chi connectivity index (χ0v) is 16.1. The average Bonchev–Trinajstić information content (AvgIpc) is 3.36. The van der Waals surface area contributed by atoms with Crippen LogP contribution in [-0.2, 0) is 4.79 Å². The van der Waals surface area contributed by atoms with Crippen molar-refractivity contribution in [3.8, 4) is 11.4 Å². The fraction of sp³-hybridized carbons (Fsp3) is 0. The number of fused-ring (bicyclic) bond motifs is 2. The van der Waals surface area contributed by atoms with Crippen LogP contribution in [0.4, 0.5) is 5.69 Å². The van der Waals surface area contributed by atoms with Gasteiger partial charge in [0.2, 0.25) is 5.91 Å². The predicted molar refractivity (Wildman–Crippen MR) is 119 cm³/mol. The number of hydrogen-bond donors (Lipinski definition) is 2. The van der Waals surface area contributed by atoms with Gasteiger partial charge < -0.3 is 10.3 Å². The molecule has 5 rings (SSSR count). The van der Waals surface area contributed by atoms with E-state index < -0.39 is 0 Å². The van der Waals surface area contributed by atoms with Crippen molar-refractivity contribution in [2.45, 2.75) is 0 Å². The normalized spacial score (nSPS) is 11.4. The smallest absolute Gasteiger partial charge is 0.248 e. The average molecular weight is 396 g/mol. The van der Waals surface area contributed by atoms with Gasteiger partial charge in [-0.05, 0) is 54.6 Å². The number of benzene rings is 3. The molecule has 140 valence electrons. The summed E-state index contributed by atoms with van der Waals surface area (Å²) in [6.07, 6.45) is 3.24. The summed E-state index contributed by atoms with van der Waals surface area (Å²) in [5, 5.41) is 3.68. The van der Waals surface area contributed by atoms with Gasteiger partial charge in [0.25, 0.3) is 0 Å². The molecule has 0 saturated carbocycles. The van der Waals surface area contributed by atoms with Crippen LogP contribution in [0.5, 0.6) is 0 Å². The standard InChI is InChI=1S/C23H16N4OS/c28-21(13-14-22-25-19-7-3-4-8-20(19)29-22)24-16-11-9-15(10-12-16)23-26-17-5-1-2-6-18(17)27-23/h1-14H,(H,24,28)(H,26,27)/b14-13+. The first-order valence-electron chi connectivity index (χ1n) is 9.14. The highest BCUT2D eigenvalue weighted by Gasteiger charge is 2.06. The van der Waals surface area contributed by atoms with Gasteiger partial charge in [-0.25, -0.2) is 9.97 Å². The highest BCUT2D eigenvalue weighted by Crippen LogP contribution is 2.23. The minimum Gasteiger partial charge on any atom is -0.338 e. The van der Waals surface area contributed by atoms with E-state index in [1.807, 2.05) is 72.8 Å². The van der Waals surface area contributed by atoms with Crippen LogP contribution in [0.3, 0.4) is 0 Å². The second-order valence-electron chi connectivity index (χ2n) is 6.52. The summed E-state index contributed by atoms with van der Waals surface area (Å²) in [4.78, 5) is 24.6. The quantitative estimate of drug-likeness (QED) is 0.395. The Kier molecular flexibility index (Phi) is 4.38. The van der Waals surface area contributed by atoms with Gasteiger partial charge in [-0.3, -0.25) is 4.79 Å². The maximum absolute atomic E-state index is 12.2. The number of para-hydroxylation sites is 3. The van der Waals surface area contributed by atoms with Crippen molar-refractivity contribution in [2.75, 3.05) is 5.32 Å². The van der Waals surface area contributed by atoms with E-state index in [0.29, 0.717) is 0 Å². The number of rotatable bonds is 4.